The van der Waals surface area contributed by atoms with Crippen molar-refractivity contribution in [2.45, 2.75) is 25.4 Å². The van der Waals surface area contributed by atoms with E-state index in [1.165, 1.54) is 5.56 Å². The Balaban J connectivity index is 0.00000190. The largest absolute Gasteiger partial charge is 1.00 e. The van der Waals surface area contributed by atoms with Gasteiger partial charge in [0.1, 0.15) is 11.9 Å². The topological polar surface area (TPSA) is 46.9 Å². The molecule has 0 aliphatic heterocycles. The van der Waals surface area contributed by atoms with Gasteiger partial charge >= 0.3 is 1.43 Å². The Morgan fingerprint density at radius 2 is 1.44 bits per heavy atom. The molecule has 0 aliphatic carbocycles. The Labute approximate surface area is 223 Å². The van der Waals surface area contributed by atoms with Gasteiger partial charge in [-0.1, -0.05) is 84.4 Å². The quantitative estimate of drug-likeness (QED) is 0.340. The zero-order valence-electron chi connectivity index (χ0n) is 20.6. The van der Waals surface area contributed by atoms with Gasteiger partial charge in [0.2, 0.25) is 5.91 Å². The molecule has 0 fully saturated rings. The van der Waals surface area contributed by atoms with Crippen molar-refractivity contribution in [1.82, 2.24) is 14.9 Å². The number of fused-ring (bicyclic) bond motifs is 1. The van der Waals surface area contributed by atoms with Crippen LogP contribution in [-0.4, -0.2) is 15.5 Å². The van der Waals surface area contributed by atoms with Gasteiger partial charge in [0.25, 0.3) is 0 Å². The highest BCUT2D eigenvalue weighted by molar-refractivity contribution is 6.30. The van der Waals surface area contributed by atoms with Gasteiger partial charge in [-0.25, -0.2) is 4.98 Å². The minimum Gasteiger partial charge on any atom is -1.00 e. The normalized spacial score (nSPS) is 11.6. The SMILES string of the molecule is O=C(NCc1ccccc1)C(CCc1ccccc1)n1c(-c2ccc(Cl)cc2)nc2ccccc21.[Cl-].[H+]. The summed E-state index contributed by atoms with van der Waals surface area (Å²) >= 11 is 6.16. The van der Waals surface area contributed by atoms with Crippen LogP contribution in [0, 0.1) is 0 Å². The zero-order chi connectivity index (χ0) is 24.0. The number of halogens is 2. The van der Waals surface area contributed by atoms with E-state index in [9.17, 15) is 4.79 Å². The summed E-state index contributed by atoms with van der Waals surface area (Å²) in [5.74, 6) is 0.735. The van der Waals surface area contributed by atoms with Crippen molar-refractivity contribution < 1.29 is 18.6 Å². The second kappa shape index (κ2) is 11.9. The zero-order valence-corrected chi connectivity index (χ0v) is 21.2. The average Bonchev–Trinajstić information content (AvgIpc) is 3.28. The Morgan fingerprint density at radius 3 is 2.14 bits per heavy atom. The summed E-state index contributed by atoms with van der Waals surface area (Å²) in [4.78, 5) is 18.7. The van der Waals surface area contributed by atoms with Gasteiger partial charge in [-0.3, -0.25) is 4.79 Å². The van der Waals surface area contributed by atoms with Crippen molar-refractivity contribution in [2.75, 3.05) is 0 Å². The maximum Gasteiger partial charge on any atom is 1.00 e. The molecule has 1 amide bonds. The third-order valence-electron chi connectivity index (χ3n) is 6.17. The van der Waals surface area contributed by atoms with Gasteiger partial charge in [-0.05, 0) is 60.4 Å². The predicted octanol–water partition coefficient (Wildman–Crippen LogP) is 3.96. The monoisotopic (exact) mass is 515 g/mol. The third-order valence-corrected chi connectivity index (χ3v) is 6.42. The molecule has 1 heterocycles. The molecular formula is C30H27Cl2N3O. The highest BCUT2D eigenvalue weighted by Crippen LogP contribution is 2.31. The van der Waals surface area contributed by atoms with Gasteiger partial charge in [-0.15, -0.1) is 0 Å². The van der Waals surface area contributed by atoms with E-state index in [-0.39, 0.29) is 19.7 Å². The molecule has 4 aromatic carbocycles. The molecule has 0 saturated heterocycles. The molecule has 182 valence electrons. The molecule has 1 N–H and O–H groups in total. The lowest BCUT2D eigenvalue weighted by atomic mass is 10.0. The van der Waals surface area contributed by atoms with Crippen LogP contribution in [0.15, 0.2) is 109 Å². The maximum atomic E-state index is 13.7. The molecule has 4 nitrogen and oxygen atoms in total. The molecule has 1 aromatic heterocycles. The molecular weight excluding hydrogens is 489 g/mol. The van der Waals surface area contributed by atoms with Gasteiger partial charge in [0.05, 0.1) is 11.0 Å². The summed E-state index contributed by atoms with van der Waals surface area (Å²) in [5.41, 5.74) is 4.98. The number of benzene rings is 4. The molecule has 0 bridgehead atoms. The number of para-hydroxylation sites is 2. The summed E-state index contributed by atoms with van der Waals surface area (Å²) in [5, 5.41) is 3.83. The molecule has 5 aromatic rings. The van der Waals surface area contributed by atoms with Crippen LogP contribution in [0.1, 0.15) is 25.0 Å². The molecule has 0 radical (unpaired) electrons. The van der Waals surface area contributed by atoms with E-state index in [0.717, 1.165) is 34.4 Å². The minimum absolute atomic E-state index is 0. The average molecular weight is 516 g/mol. The van der Waals surface area contributed by atoms with Crippen LogP contribution in [0.25, 0.3) is 22.4 Å². The summed E-state index contributed by atoms with van der Waals surface area (Å²) in [7, 11) is 0. The van der Waals surface area contributed by atoms with Crippen molar-refractivity contribution in [3.8, 4) is 11.4 Å². The number of nitrogens with zero attached hydrogens (tertiary/aromatic N) is 2. The number of nitrogens with one attached hydrogen (secondary N) is 1. The summed E-state index contributed by atoms with van der Waals surface area (Å²) in [6.07, 6.45) is 1.42. The van der Waals surface area contributed by atoms with E-state index in [4.69, 9.17) is 16.6 Å². The minimum atomic E-state index is -0.433. The van der Waals surface area contributed by atoms with Crippen molar-refractivity contribution in [3.63, 3.8) is 0 Å². The van der Waals surface area contributed by atoms with Gasteiger partial charge < -0.3 is 22.3 Å². The smallest absolute Gasteiger partial charge is 1.00 e. The second-order valence-corrected chi connectivity index (χ2v) is 8.98. The molecule has 1 unspecified atom stereocenters. The predicted molar refractivity (Wildman–Crippen MR) is 143 cm³/mol. The van der Waals surface area contributed by atoms with Gasteiger partial charge in [-0.2, -0.15) is 0 Å². The number of hydrogen-bond acceptors (Lipinski definition) is 2. The molecule has 0 saturated carbocycles. The number of amides is 1. The van der Waals surface area contributed by atoms with Crippen LogP contribution in [0.4, 0.5) is 0 Å². The highest BCUT2D eigenvalue weighted by atomic mass is 35.5. The number of hydrogen-bond donors (Lipinski definition) is 1. The van der Waals surface area contributed by atoms with E-state index in [1.807, 2.05) is 97.1 Å². The number of rotatable bonds is 8. The lowest BCUT2D eigenvalue weighted by Crippen LogP contribution is -3.00. The van der Waals surface area contributed by atoms with Crippen LogP contribution in [0.5, 0.6) is 0 Å². The highest BCUT2D eigenvalue weighted by Gasteiger charge is 2.26. The van der Waals surface area contributed by atoms with Gasteiger partial charge in [0.15, 0.2) is 0 Å². The van der Waals surface area contributed by atoms with Crippen molar-refractivity contribution in [2.24, 2.45) is 0 Å². The fraction of sp³-hybridized carbons (Fsp3) is 0.133. The number of carbonyl (C=O) groups excluding carboxylic acids is 1. The fourth-order valence-corrected chi connectivity index (χ4v) is 4.52. The van der Waals surface area contributed by atoms with Crippen LogP contribution in [-0.2, 0) is 17.8 Å². The number of aromatic nitrogens is 2. The van der Waals surface area contributed by atoms with Crippen LogP contribution >= 0.6 is 11.6 Å². The number of carbonyl (C=O) groups is 1. The summed E-state index contributed by atoms with van der Waals surface area (Å²) in [6.45, 7) is 0.477. The lowest BCUT2D eigenvalue weighted by molar-refractivity contribution is -0.124. The summed E-state index contributed by atoms with van der Waals surface area (Å²) < 4.78 is 2.09. The first-order chi connectivity index (χ1) is 17.2. The third kappa shape index (κ3) is 5.78. The van der Waals surface area contributed by atoms with E-state index < -0.39 is 6.04 Å². The van der Waals surface area contributed by atoms with Crippen molar-refractivity contribution in [3.05, 3.63) is 125 Å². The summed E-state index contributed by atoms with van der Waals surface area (Å²) in [6, 6.07) is 35.4. The second-order valence-electron chi connectivity index (χ2n) is 8.54. The van der Waals surface area contributed by atoms with Gasteiger partial charge in [0, 0.05) is 17.1 Å². The number of imidazole rings is 1. The Hall–Kier alpha value is -3.60. The van der Waals surface area contributed by atoms with Crippen LogP contribution in [0.3, 0.4) is 0 Å². The first kappa shape index (κ1) is 25.5. The van der Waals surface area contributed by atoms with Crippen molar-refractivity contribution in [1.29, 1.82) is 0 Å². The molecule has 5 rings (SSSR count). The Bertz CT molecular complexity index is 1420. The molecule has 6 heteroatoms. The fourth-order valence-electron chi connectivity index (χ4n) is 4.39. The Morgan fingerprint density at radius 1 is 0.833 bits per heavy atom. The molecule has 1 atom stereocenters. The standard InChI is InChI=1S/C30H26ClN3O.ClH/c31-25-18-16-24(17-19-25)29-33-26-13-7-8-14-27(26)34(29)28(20-15-22-9-3-1-4-10-22)30(35)32-21-23-11-5-2-6-12-23;/h1-14,16-19,28H,15,20-21H2,(H,32,35);1H. The first-order valence-corrected chi connectivity index (χ1v) is 12.2. The molecule has 0 spiro atoms. The van der Waals surface area contributed by atoms with Crippen molar-refractivity contribution >= 4 is 28.5 Å². The molecule has 36 heavy (non-hydrogen) atoms. The Kier molecular flexibility index (Phi) is 8.42. The maximum absolute atomic E-state index is 13.7. The van der Waals surface area contributed by atoms with E-state index in [0.29, 0.717) is 18.0 Å². The van der Waals surface area contributed by atoms with E-state index in [1.54, 1.807) is 0 Å². The lowest BCUT2D eigenvalue weighted by Gasteiger charge is -2.22. The van der Waals surface area contributed by atoms with E-state index in [2.05, 4.69) is 22.0 Å². The number of aryl methyl sites for hydroxylation is 1. The van der Waals surface area contributed by atoms with E-state index >= 15 is 0 Å². The van der Waals surface area contributed by atoms with Crippen LogP contribution in [0.2, 0.25) is 5.02 Å². The first-order valence-electron chi connectivity index (χ1n) is 11.8. The molecule has 0 aliphatic rings. The van der Waals surface area contributed by atoms with Crippen LogP contribution < -0.4 is 17.7 Å².